The normalized spacial score (nSPS) is 14.1. The van der Waals surface area contributed by atoms with Gasteiger partial charge in [-0.2, -0.15) is 0 Å². The predicted octanol–water partition coefficient (Wildman–Crippen LogP) is 2.69. The third-order valence-electron chi connectivity index (χ3n) is 2.15. The van der Waals surface area contributed by atoms with Crippen LogP contribution in [-0.4, -0.2) is 25.3 Å². The van der Waals surface area contributed by atoms with Crippen molar-refractivity contribution in [2.45, 2.75) is 38.8 Å². The van der Waals surface area contributed by atoms with E-state index in [2.05, 4.69) is 43.6 Å². The Balaban J connectivity index is 2.36. The van der Waals surface area contributed by atoms with Crippen LogP contribution in [0, 0.1) is 0 Å². The fraction of sp³-hybridized carbons (Fsp3) is 0.667. The van der Waals surface area contributed by atoms with Crippen LogP contribution < -0.4 is 5.32 Å². The SMILES string of the molecule is CNC(COC(C)(C)C)Cc1cccs1. The summed E-state index contributed by atoms with van der Waals surface area (Å²) in [5.41, 5.74) is -0.0510. The van der Waals surface area contributed by atoms with Crippen molar-refractivity contribution in [3.05, 3.63) is 22.4 Å². The van der Waals surface area contributed by atoms with Gasteiger partial charge in [-0.1, -0.05) is 6.07 Å². The molecule has 3 heteroatoms. The van der Waals surface area contributed by atoms with E-state index in [0.717, 1.165) is 13.0 Å². The van der Waals surface area contributed by atoms with Crippen molar-refractivity contribution in [1.82, 2.24) is 5.32 Å². The lowest BCUT2D eigenvalue weighted by Gasteiger charge is -2.24. The summed E-state index contributed by atoms with van der Waals surface area (Å²) in [7, 11) is 1.99. The van der Waals surface area contributed by atoms with E-state index in [1.165, 1.54) is 4.88 Å². The van der Waals surface area contributed by atoms with Crippen molar-refractivity contribution in [2.24, 2.45) is 0 Å². The number of thiophene rings is 1. The number of rotatable bonds is 5. The van der Waals surface area contributed by atoms with Gasteiger partial charge in [-0.25, -0.2) is 0 Å². The van der Waals surface area contributed by atoms with Gasteiger partial charge < -0.3 is 10.1 Å². The van der Waals surface area contributed by atoms with Crippen molar-refractivity contribution in [2.75, 3.05) is 13.7 Å². The van der Waals surface area contributed by atoms with Crippen molar-refractivity contribution in [3.63, 3.8) is 0 Å². The van der Waals surface area contributed by atoms with Crippen molar-refractivity contribution < 1.29 is 4.74 Å². The fourth-order valence-electron chi connectivity index (χ4n) is 1.27. The summed E-state index contributed by atoms with van der Waals surface area (Å²) in [5.74, 6) is 0. The molecule has 0 radical (unpaired) electrons. The molecule has 0 aromatic carbocycles. The molecule has 1 atom stereocenters. The second-order valence-electron chi connectivity index (χ2n) is 4.69. The molecule has 2 nitrogen and oxygen atoms in total. The highest BCUT2D eigenvalue weighted by molar-refractivity contribution is 7.09. The third-order valence-corrected chi connectivity index (χ3v) is 3.05. The first-order chi connectivity index (χ1) is 7.01. The number of ether oxygens (including phenoxy) is 1. The lowest BCUT2D eigenvalue weighted by molar-refractivity contribution is -0.0134. The molecule has 1 N–H and O–H groups in total. The number of nitrogens with one attached hydrogen (secondary N) is 1. The van der Waals surface area contributed by atoms with Gasteiger partial charge in [0.25, 0.3) is 0 Å². The Morgan fingerprint density at radius 2 is 2.20 bits per heavy atom. The summed E-state index contributed by atoms with van der Waals surface area (Å²) >= 11 is 1.80. The molecule has 0 aliphatic rings. The van der Waals surface area contributed by atoms with Crippen molar-refractivity contribution in [3.8, 4) is 0 Å². The van der Waals surface area contributed by atoms with E-state index in [1.54, 1.807) is 11.3 Å². The number of likely N-dealkylation sites (N-methyl/N-ethyl adjacent to an activating group) is 1. The van der Waals surface area contributed by atoms with Gasteiger partial charge in [0.05, 0.1) is 12.2 Å². The van der Waals surface area contributed by atoms with E-state index in [1.807, 2.05) is 7.05 Å². The Kier molecular flexibility index (Phi) is 4.77. The summed E-state index contributed by atoms with van der Waals surface area (Å²) in [4.78, 5) is 1.41. The van der Waals surface area contributed by atoms with E-state index in [9.17, 15) is 0 Å². The van der Waals surface area contributed by atoms with Gasteiger partial charge in [-0.3, -0.25) is 0 Å². The van der Waals surface area contributed by atoms with Crippen molar-refractivity contribution in [1.29, 1.82) is 0 Å². The average Bonchev–Trinajstić information content (AvgIpc) is 2.63. The summed E-state index contributed by atoms with van der Waals surface area (Å²) < 4.78 is 5.77. The van der Waals surface area contributed by atoms with E-state index >= 15 is 0 Å². The maximum atomic E-state index is 5.77. The minimum atomic E-state index is -0.0510. The van der Waals surface area contributed by atoms with Gasteiger partial charge in [0, 0.05) is 10.9 Å². The molecule has 1 rings (SSSR count). The summed E-state index contributed by atoms with van der Waals surface area (Å²) in [6.45, 7) is 7.03. The van der Waals surface area contributed by atoms with E-state index in [-0.39, 0.29) is 5.60 Å². The molecule has 86 valence electrons. The Hall–Kier alpha value is -0.380. The van der Waals surface area contributed by atoms with Gasteiger partial charge in [-0.05, 0) is 45.7 Å². The minimum Gasteiger partial charge on any atom is -0.374 e. The van der Waals surface area contributed by atoms with Crippen LogP contribution in [0.25, 0.3) is 0 Å². The quantitative estimate of drug-likeness (QED) is 0.835. The molecule has 0 amide bonds. The van der Waals surface area contributed by atoms with Crippen LogP contribution in [0.3, 0.4) is 0 Å². The van der Waals surface area contributed by atoms with Gasteiger partial charge in [-0.15, -0.1) is 11.3 Å². The molecule has 1 unspecified atom stereocenters. The molecular formula is C12H21NOS. The zero-order chi connectivity index (χ0) is 11.3. The number of hydrogen-bond acceptors (Lipinski definition) is 3. The lowest BCUT2D eigenvalue weighted by atomic mass is 10.1. The van der Waals surface area contributed by atoms with E-state index in [4.69, 9.17) is 4.74 Å². The summed E-state index contributed by atoms with van der Waals surface area (Å²) in [6, 6.07) is 4.67. The maximum absolute atomic E-state index is 5.77. The molecule has 0 saturated carbocycles. The average molecular weight is 227 g/mol. The fourth-order valence-corrected chi connectivity index (χ4v) is 2.05. The van der Waals surface area contributed by atoms with E-state index in [0.29, 0.717) is 6.04 Å². The second-order valence-corrected chi connectivity index (χ2v) is 5.72. The summed E-state index contributed by atoms with van der Waals surface area (Å²) in [6.07, 6.45) is 1.05. The standard InChI is InChI=1S/C12H21NOS/c1-12(2,3)14-9-10(13-4)8-11-6-5-7-15-11/h5-7,10,13H,8-9H2,1-4H3. The molecule has 15 heavy (non-hydrogen) atoms. The highest BCUT2D eigenvalue weighted by Gasteiger charge is 2.14. The maximum Gasteiger partial charge on any atom is 0.0630 e. The van der Waals surface area contributed by atoms with Crippen LogP contribution in [0.2, 0.25) is 0 Å². The molecule has 0 aliphatic heterocycles. The molecule has 1 aromatic heterocycles. The molecule has 0 spiro atoms. The first-order valence-electron chi connectivity index (χ1n) is 5.35. The minimum absolute atomic E-state index is 0.0510. The first kappa shape index (κ1) is 12.7. The highest BCUT2D eigenvalue weighted by Crippen LogP contribution is 2.13. The highest BCUT2D eigenvalue weighted by atomic mass is 32.1. The first-order valence-corrected chi connectivity index (χ1v) is 6.23. The molecule has 0 saturated heterocycles. The van der Waals surface area contributed by atoms with Crippen molar-refractivity contribution >= 4 is 11.3 Å². The molecule has 1 heterocycles. The van der Waals surface area contributed by atoms with Gasteiger partial charge in [0.15, 0.2) is 0 Å². The summed E-state index contributed by atoms with van der Waals surface area (Å²) in [5, 5.41) is 5.41. The Bertz CT molecular complexity index is 264. The molecule has 1 aromatic rings. The zero-order valence-electron chi connectivity index (χ0n) is 10.0. The smallest absolute Gasteiger partial charge is 0.0630 e. The van der Waals surface area contributed by atoms with Gasteiger partial charge in [0.1, 0.15) is 0 Å². The van der Waals surface area contributed by atoms with Crippen LogP contribution in [0.15, 0.2) is 17.5 Å². The Morgan fingerprint density at radius 1 is 1.47 bits per heavy atom. The molecule has 0 bridgehead atoms. The largest absolute Gasteiger partial charge is 0.374 e. The lowest BCUT2D eigenvalue weighted by Crippen LogP contribution is -2.35. The topological polar surface area (TPSA) is 21.3 Å². The second kappa shape index (κ2) is 5.64. The molecule has 0 fully saturated rings. The zero-order valence-corrected chi connectivity index (χ0v) is 10.9. The van der Waals surface area contributed by atoms with Crippen LogP contribution in [0.4, 0.5) is 0 Å². The Morgan fingerprint density at radius 3 is 2.67 bits per heavy atom. The van der Waals surface area contributed by atoms with Crippen LogP contribution in [0.5, 0.6) is 0 Å². The van der Waals surface area contributed by atoms with E-state index < -0.39 is 0 Å². The Labute approximate surface area is 96.7 Å². The van der Waals surface area contributed by atoms with Crippen LogP contribution >= 0.6 is 11.3 Å². The monoisotopic (exact) mass is 227 g/mol. The van der Waals surface area contributed by atoms with Gasteiger partial charge >= 0.3 is 0 Å². The van der Waals surface area contributed by atoms with Crippen LogP contribution in [-0.2, 0) is 11.2 Å². The van der Waals surface area contributed by atoms with Crippen LogP contribution in [0.1, 0.15) is 25.6 Å². The molecule has 0 aliphatic carbocycles. The van der Waals surface area contributed by atoms with Gasteiger partial charge in [0.2, 0.25) is 0 Å². The number of hydrogen-bond donors (Lipinski definition) is 1. The third kappa shape index (κ3) is 5.30. The molecular weight excluding hydrogens is 206 g/mol. The predicted molar refractivity (Wildman–Crippen MR) is 66.6 cm³/mol.